The first-order valence-corrected chi connectivity index (χ1v) is 11.5. The van der Waals surface area contributed by atoms with Gasteiger partial charge in [-0.05, 0) is 49.4 Å². The van der Waals surface area contributed by atoms with Crippen molar-refractivity contribution < 1.29 is 9.59 Å². The van der Waals surface area contributed by atoms with E-state index >= 15 is 0 Å². The fraction of sp³-hybridized carbons (Fsp3) is 0.462. The summed E-state index contributed by atoms with van der Waals surface area (Å²) in [5.74, 6) is 0.308. The van der Waals surface area contributed by atoms with Crippen LogP contribution in [0.2, 0.25) is 0 Å². The predicted octanol–water partition coefficient (Wildman–Crippen LogP) is 3.87. The average molecular weight is 437 g/mol. The molecular formula is C26H36N4O2. The van der Waals surface area contributed by atoms with E-state index in [1.54, 1.807) is 0 Å². The van der Waals surface area contributed by atoms with Gasteiger partial charge in [-0.15, -0.1) is 0 Å². The zero-order valence-corrected chi connectivity index (χ0v) is 19.7. The maximum Gasteiger partial charge on any atom is 0.315 e. The zero-order chi connectivity index (χ0) is 23.1. The highest BCUT2D eigenvalue weighted by Gasteiger charge is 2.29. The fourth-order valence-corrected chi connectivity index (χ4v) is 4.02. The van der Waals surface area contributed by atoms with Crippen LogP contribution in [0.5, 0.6) is 0 Å². The first kappa shape index (κ1) is 23.6. The van der Waals surface area contributed by atoms with Gasteiger partial charge in [0, 0.05) is 38.4 Å². The van der Waals surface area contributed by atoms with E-state index < -0.39 is 6.04 Å². The Balaban J connectivity index is 1.54. The summed E-state index contributed by atoms with van der Waals surface area (Å²) in [7, 11) is 0. The number of rotatable bonds is 7. The first-order chi connectivity index (χ1) is 15.3. The van der Waals surface area contributed by atoms with Crippen molar-refractivity contribution in [3.63, 3.8) is 0 Å². The summed E-state index contributed by atoms with van der Waals surface area (Å²) >= 11 is 0. The molecule has 0 unspecified atom stereocenters. The van der Waals surface area contributed by atoms with E-state index in [-0.39, 0.29) is 11.9 Å². The Kier molecular flexibility index (Phi) is 8.14. The molecule has 2 aromatic carbocycles. The van der Waals surface area contributed by atoms with Gasteiger partial charge in [-0.2, -0.15) is 0 Å². The number of aryl methyl sites for hydroxylation is 2. The molecule has 0 aliphatic carbocycles. The molecule has 6 nitrogen and oxygen atoms in total. The van der Waals surface area contributed by atoms with E-state index in [4.69, 9.17) is 0 Å². The normalized spacial score (nSPS) is 14.9. The second-order valence-corrected chi connectivity index (χ2v) is 9.15. The highest BCUT2D eigenvalue weighted by molar-refractivity contribution is 5.87. The molecule has 1 saturated heterocycles. The number of carbonyl (C=O) groups is 2. The lowest BCUT2D eigenvalue weighted by Gasteiger charge is -2.38. The summed E-state index contributed by atoms with van der Waals surface area (Å²) in [4.78, 5) is 30.0. The standard InChI is InChI=1S/C26H36N4O2/c1-19(2)16-24(28-26(32)27-18-22-10-8-20(3)9-11-22)25(31)30-14-12-29(13-15-30)23-7-5-6-21(4)17-23/h5-11,17,19,24H,12-16,18H2,1-4H3,(H2,27,28,32)/t24-/m1/s1. The smallest absolute Gasteiger partial charge is 0.315 e. The summed E-state index contributed by atoms with van der Waals surface area (Å²) in [5, 5.41) is 5.81. The maximum atomic E-state index is 13.2. The summed E-state index contributed by atoms with van der Waals surface area (Å²) in [5.41, 5.74) is 4.65. The van der Waals surface area contributed by atoms with Gasteiger partial charge in [0.1, 0.15) is 6.04 Å². The quantitative estimate of drug-likeness (QED) is 0.693. The third-order valence-electron chi connectivity index (χ3n) is 5.84. The Morgan fingerprint density at radius 1 is 0.938 bits per heavy atom. The number of benzene rings is 2. The Hall–Kier alpha value is -3.02. The Bertz CT molecular complexity index is 902. The van der Waals surface area contributed by atoms with E-state index in [1.165, 1.54) is 16.8 Å². The van der Waals surface area contributed by atoms with Gasteiger partial charge in [0.05, 0.1) is 0 Å². The average Bonchev–Trinajstić information content (AvgIpc) is 2.77. The molecule has 0 aromatic heterocycles. The number of piperazine rings is 1. The molecule has 32 heavy (non-hydrogen) atoms. The van der Waals surface area contributed by atoms with Crippen molar-refractivity contribution in [2.45, 2.75) is 46.7 Å². The monoisotopic (exact) mass is 436 g/mol. The Morgan fingerprint density at radius 3 is 2.25 bits per heavy atom. The van der Waals surface area contributed by atoms with E-state index in [9.17, 15) is 9.59 Å². The van der Waals surface area contributed by atoms with Crippen LogP contribution in [0.15, 0.2) is 48.5 Å². The van der Waals surface area contributed by atoms with Crippen molar-refractivity contribution >= 4 is 17.6 Å². The summed E-state index contributed by atoms with van der Waals surface area (Å²) in [6.07, 6.45) is 0.620. The van der Waals surface area contributed by atoms with Crippen LogP contribution >= 0.6 is 0 Å². The van der Waals surface area contributed by atoms with Crippen LogP contribution in [-0.4, -0.2) is 49.1 Å². The molecule has 6 heteroatoms. The van der Waals surface area contributed by atoms with E-state index in [0.29, 0.717) is 32.0 Å². The number of carbonyl (C=O) groups excluding carboxylic acids is 2. The number of amides is 3. The van der Waals surface area contributed by atoms with Crippen molar-refractivity contribution in [2.24, 2.45) is 5.92 Å². The SMILES string of the molecule is Cc1ccc(CNC(=O)N[C@H](CC(C)C)C(=O)N2CCN(c3cccc(C)c3)CC2)cc1. The van der Waals surface area contributed by atoms with Crippen LogP contribution in [0.1, 0.15) is 37.0 Å². The predicted molar refractivity (Wildman–Crippen MR) is 130 cm³/mol. The van der Waals surface area contributed by atoms with Crippen molar-refractivity contribution in [1.82, 2.24) is 15.5 Å². The number of hydrogen-bond donors (Lipinski definition) is 2. The lowest BCUT2D eigenvalue weighted by atomic mass is 10.0. The Labute approximate surface area is 192 Å². The summed E-state index contributed by atoms with van der Waals surface area (Å²) in [6.45, 7) is 11.6. The van der Waals surface area contributed by atoms with Crippen molar-refractivity contribution in [3.8, 4) is 0 Å². The Morgan fingerprint density at radius 2 is 1.62 bits per heavy atom. The molecule has 3 rings (SSSR count). The molecule has 1 atom stereocenters. The number of anilines is 1. The van der Waals surface area contributed by atoms with Crippen LogP contribution in [0.3, 0.4) is 0 Å². The van der Waals surface area contributed by atoms with Gasteiger partial charge < -0.3 is 20.4 Å². The maximum absolute atomic E-state index is 13.2. The molecule has 3 amide bonds. The molecule has 0 bridgehead atoms. The second kappa shape index (κ2) is 11.0. The minimum atomic E-state index is -0.515. The van der Waals surface area contributed by atoms with E-state index in [1.807, 2.05) is 36.1 Å². The molecule has 2 aromatic rings. The van der Waals surface area contributed by atoms with E-state index in [0.717, 1.165) is 18.7 Å². The zero-order valence-electron chi connectivity index (χ0n) is 19.7. The molecule has 172 valence electrons. The molecule has 2 N–H and O–H groups in total. The number of urea groups is 1. The topological polar surface area (TPSA) is 64.7 Å². The molecule has 1 heterocycles. The van der Waals surface area contributed by atoms with Gasteiger partial charge in [-0.3, -0.25) is 4.79 Å². The van der Waals surface area contributed by atoms with Crippen LogP contribution in [0.25, 0.3) is 0 Å². The highest BCUT2D eigenvalue weighted by atomic mass is 16.2. The van der Waals surface area contributed by atoms with Crippen LogP contribution < -0.4 is 15.5 Å². The largest absolute Gasteiger partial charge is 0.368 e. The van der Waals surface area contributed by atoms with Crippen molar-refractivity contribution in [2.75, 3.05) is 31.1 Å². The molecule has 1 fully saturated rings. The van der Waals surface area contributed by atoms with Gasteiger partial charge in [0.2, 0.25) is 5.91 Å². The minimum Gasteiger partial charge on any atom is -0.368 e. The van der Waals surface area contributed by atoms with Crippen LogP contribution in [-0.2, 0) is 11.3 Å². The van der Waals surface area contributed by atoms with Crippen LogP contribution in [0.4, 0.5) is 10.5 Å². The van der Waals surface area contributed by atoms with Crippen LogP contribution in [0, 0.1) is 19.8 Å². The van der Waals surface area contributed by atoms with Gasteiger partial charge in [-0.1, -0.05) is 55.8 Å². The van der Waals surface area contributed by atoms with Gasteiger partial charge >= 0.3 is 6.03 Å². The molecule has 1 aliphatic heterocycles. The fourth-order valence-electron chi connectivity index (χ4n) is 4.02. The first-order valence-electron chi connectivity index (χ1n) is 11.5. The second-order valence-electron chi connectivity index (χ2n) is 9.15. The number of hydrogen-bond acceptors (Lipinski definition) is 3. The van der Waals surface area contributed by atoms with Crippen molar-refractivity contribution in [3.05, 3.63) is 65.2 Å². The molecular weight excluding hydrogens is 400 g/mol. The van der Waals surface area contributed by atoms with Gasteiger partial charge in [0.15, 0.2) is 0 Å². The minimum absolute atomic E-state index is 0.00748. The third-order valence-corrected chi connectivity index (χ3v) is 5.84. The third kappa shape index (κ3) is 6.74. The van der Waals surface area contributed by atoms with Gasteiger partial charge in [0.25, 0.3) is 0 Å². The summed E-state index contributed by atoms with van der Waals surface area (Å²) in [6, 6.07) is 15.7. The van der Waals surface area contributed by atoms with Gasteiger partial charge in [-0.25, -0.2) is 4.79 Å². The van der Waals surface area contributed by atoms with E-state index in [2.05, 4.69) is 60.6 Å². The number of nitrogens with zero attached hydrogens (tertiary/aromatic N) is 2. The number of nitrogens with one attached hydrogen (secondary N) is 2. The molecule has 0 saturated carbocycles. The molecule has 0 spiro atoms. The molecule has 1 aliphatic rings. The summed E-state index contributed by atoms with van der Waals surface area (Å²) < 4.78 is 0. The molecule has 0 radical (unpaired) electrons. The lowest BCUT2D eigenvalue weighted by molar-refractivity contribution is -0.133. The lowest BCUT2D eigenvalue weighted by Crippen LogP contribution is -2.56. The highest BCUT2D eigenvalue weighted by Crippen LogP contribution is 2.19. The van der Waals surface area contributed by atoms with Crippen molar-refractivity contribution in [1.29, 1.82) is 0 Å².